The molecule has 20 heavy (non-hydrogen) atoms. The van der Waals surface area contributed by atoms with Gasteiger partial charge in [-0.2, -0.15) is 13.2 Å². The monoisotopic (exact) mass is 299 g/mol. The molecule has 1 nitrogen and oxygen atoms in total. The highest BCUT2D eigenvalue weighted by Gasteiger charge is 2.38. The maximum Gasteiger partial charge on any atom is 0.416 e. The van der Waals surface area contributed by atoms with Crippen LogP contribution in [0.25, 0.3) is 10.9 Å². The molecule has 2 aromatic rings. The fraction of sp³-hybridized carbons (Fsp3) is 0.467. The maximum absolute atomic E-state index is 12.9. The third-order valence-electron chi connectivity index (χ3n) is 4.46. The van der Waals surface area contributed by atoms with E-state index in [0.29, 0.717) is 5.52 Å². The van der Waals surface area contributed by atoms with Crippen molar-refractivity contribution in [2.24, 2.45) is 0 Å². The Balaban J connectivity index is 2.67. The summed E-state index contributed by atoms with van der Waals surface area (Å²) in [6.45, 7) is 10.8. The third kappa shape index (κ3) is 2.39. The Bertz CT molecular complexity index is 633. The van der Waals surface area contributed by atoms with Gasteiger partial charge in [0.1, 0.15) is 0 Å². The molecule has 0 saturated carbocycles. The van der Waals surface area contributed by atoms with E-state index in [9.17, 15) is 13.2 Å². The number of hydrogen-bond donors (Lipinski definition) is 0. The van der Waals surface area contributed by atoms with Crippen molar-refractivity contribution in [1.82, 2.24) is 4.23 Å². The molecule has 1 aromatic heterocycles. The molecule has 0 aliphatic carbocycles. The molecule has 0 spiro atoms. The minimum absolute atomic E-state index is 0.0627. The molecule has 5 heteroatoms. The molecule has 110 valence electrons. The molecule has 0 aliphatic heterocycles. The van der Waals surface area contributed by atoms with Gasteiger partial charge < -0.3 is 4.23 Å². The van der Waals surface area contributed by atoms with Crippen LogP contribution in [0.4, 0.5) is 13.2 Å². The van der Waals surface area contributed by atoms with Crippen LogP contribution in [0.5, 0.6) is 0 Å². The standard InChI is InChI=1S/C15H20F3NSi/c1-14(2,3)20(4,5)19-9-8-11-6-7-12(10-13(11)19)15(16,17)18/h6-10H,1-5H3. The molecule has 1 heterocycles. The number of aromatic nitrogens is 1. The second kappa shape index (κ2) is 4.38. The molecule has 2 rings (SSSR count). The first-order valence-corrected chi connectivity index (χ1v) is 9.58. The zero-order valence-corrected chi connectivity index (χ0v) is 13.5. The number of alkyl halides is 3. The minimum atomic E-state index is -4.29. The predicted molar refractivity (Wildman–Crippen MR) is 79.5 cm³/mol. The van der Waals surface area contributed by atoms with Gasteiger partial charge in [-0.05, 0) is 34.8 Å². The molecular formula is C15H20F3NSi. The molecule has 0 amide bonds. The van der Waals surface area contributed by atoms with Gasteiger partial charge in [-0.1, -0.05) is 39.9 Å². The summed E-state index contributed by atoms with van der Waals surface area (Å²) in [5.41, 5.74) is 0.107. The number of fused-ring (bicyclic) bond motifs is 1. The lowest BCUT2D eigenvalue weighted by molar-refractivity contribution is -0.137. The van der Waals surface area contributed by atoms with E-state index in [2.05, 4.69) is 38.1 Å². The summed E-state index contributed by atoms with van der Waals surface area (Å²) in [6.07, 6.45) is -2.36. The summed E-state index contributed by atoms with van der Waals surface area (Å²) in [5, 5.41) is 0.926. The number of rotatable bonds is 1. The molecule has 0 aliphatic rings. The van der Waals surface area contributed by atoms with Gasteiger partial charge in [0, 0.05) is 5.52 Å². The molecule has 0 atom stereocenters. The Morgan fingerprint density at radius 3 is 2.10 bits per heavy atom. The van der Waals surface area contributed by atoms with Crippen molar-refractivity contribution in [1.29, 1.82) is 0 Å². The highest BCUT2D eigenvalue weighted by Crippen LogP contribution is 2.40. The summed E-state index contributed by atoms with van der Waals surface area (Å²) < 4.78 is 40.7. The van der Waals surface area contributed by atoms with Gasteiger partial charge in [-0.25, -0.2) is 0 Å². The Labute approximate surface area is 118 Å². The van der Waals surface area contributed by atoms with Gasteiger partial charge in [0.2, 0.25) is 0 Å². The van der Waals surface area contributed by atoms with Gasteiger partial charge in [0.05, 0.1) is 5.56 Å². The van der Waals surface area contributed by atoms with E-state index in [0.717, 1.165) is 11.5 Å². The van der Waals surface area contributed by atoms with Crippen molar-refractivity contribution < 1.29 is 13.2 Å². The van der Waals surface area contributed by atoms with E-state index in [1.54, 1.807) is 6.07 Å². The second-order valence-corrected chi connectivity index (χ2v) is 11.9. The zero-order chi connectivity index (χ0) is 15.3. The van der Waals surface area contributed by atoms with Crippen LogP contribution in [-0.2, 0) is 6.18 Å². The summed E-state index contributed by atoms with van der Waals surface area (Å²) in [5.74, 6) is 0. The smallest absolute Gasteiger partial charge is 0.374 e. The third-order valence-corrected chi connectivity index (χ3v) is 9.72. The van der Waals surface area contributed by atoms with Crippen LogP contribution in [0.2, 0.25) is 18.1 Å². The van der Waals surface area contributed by atoms with E-state index >= 15 is 0 Å². The van der Waals surface area contributed by atoms with Crippen molar-refractivity contribution >= 4 is 19.1 Å². The normalized spacial score (nSPS) is 14.0. The molecule has 0 unspecified atom stereocenters. The summed E-state index contributed by atoms with van der Waals surface area (Å²) in [6, 6.07) is 5.88. The SMILES string of the molecule is CC(C)(C)[Si](C)(C)n1ccc2ccc(C(F)(F)F)cc21. The van der Waals surface area contributed by atoms with E-state index < -0.39 is 20.0 Å². The predicted octanol–water partition coefficient (Wildman–Crippen LogP) is 5.51. The number of hydrogen-bond acceptors (Lipinski definition) is 0. The fourth-order valence-electron chi connectivity index (χ4n) is 2.15. The molecule has 0 bridgehead atoms. The summed E-state index contributed by atoms with van der Waals surface area (Å²) in [4.78, 5) is 0. The Morgan fingerprint density at radius 1 is 1.00 bits per heavy atom. The van der Waals surface area contributed by atoms with Crippen LogP contribution in [0.3, 0.4) is 0 Å². The molecule has 0 N–H and O–H groups in total. The average molecular weight is 299 g/mol. The van der Waals surface area contributed by atoms with E-state index in [-0.39, 0.29) is 5.04 Å². The lowest BCUT2D eigenvalue weighted by Crippen LogP contribution is -2.44. The molecule has 0 fully saturated rings. The fourth-order valence-corrected chi connectivity index (χ4v) is 4.12. The van der Waals surface area contributed by atoms with Crippen LogP contribution in [0.1, 0.15) is 26.3 Å². The molecule has 1 aromatic carbocycles. The summed E-state index contributed by atoms with van der Waals surface area (Å²) in [7, 11) is -1.93. The van der Waals surface area contributed by atoms with Crippen molar-refractivity contribution in [3.05, 3.63) is 36.0 Å². The molecule has 0 radical (unpaired) electrons. The number of halogens is 3. The number of nitrogens with zero attached hydrogens (tertiary/aromatic N) is 1. The average Bonchev–Trinajstić information content (AvgIpc) is 2.68. The quantitative estimate of drug-likeness (QED) is 0.612. The lowest BCUT2D eigenvalue weighted by atomic mass is 10.1. The van der Waals surface area contributed by atoms with Crippen LogP contribution in [0, 0.1) is 0 Å². The van der Waals surface area contributed by atoms with Crippen molar-refractivity contribution in [3.8, 4) is 0 Å². The van der Waals surface area contributed by atoms with Gasteiger partial charge in [0.15, 0.2) is 8.24 Å². The van der Waals surface area contributed by atoms with Crippen LogP contribution in [0.15, 0.2) is 30.5 Å². The van der Waals surface area contributed by atoms with Crippen molar-refractivity contribution in [3.63, 3.8) is 0 Å². The van der Waals surface area contributed by atoms with E-state index in [1.807, 2.05) is 12.3 Å². The van der Waals surface area contributed by atoms with Crippen molar-refractivity contribution in [2.45, 2.75) is 45.1 Å². The first kappa shape index (κ1) is 15.2. The van der Waals surface area contributed by atoms with Gasteiger partial charge in [-0.15, -0.1) is 0 Å². The largest absolute Gasteiger partial charge is 0.416 e. The summed E-state index contributed by atoms with van der Waals surface area (Å²) >= 11 is 0. The zero-order valence-electron chi connectivity index (χ0n) is 12.5. The maximum atomic E-state index is 12.9. The molecular weight excluding hydrogens is 279 g/mol. The van der Waals surface area contributed by atoms with Gasteiger partial charge in [-0.3, -0.25) is 0 Å². The Kier molecular flexibility index (Phi) is 3.32. The first-order valence-electron chi connectivity index (χ1n) is 6.63. The van der Waals surface area contributed by atoms with Gasteiger partial charge >= 0.3 is 6.18 Å². The molecule has 0 saturated heterocycles. The Morgan fingerprint density at radius 2 is 1.60 bits per heavy atom. The lowest BCUT2D eigenvalue weighted by Gasteiger charge is -2.38. The topological polar surface area (TPSA) is 4.93 Å². The van der Waals surface area contributed by atoms with Crippen LogP contribution < -0.4 is 0 Å². The second-order valence-electron chi connectivity index (χ2n) is 6.77. The Hall–Kier alpha value is -1.23. The minimum Gasteiger partial charge on any atom is -0.374 e. The number of benzene rings is 1. The van der Waals surface area contributed by atoms with E-state index in [1.165, 1.54) is 6.07 Å². The van der Waals surface area contributed by atoms with E-state index in [4.69, 9.17) is 0 Å². The highest BCUT2D eigenvalue weighted by molar-refractivity contribution is 6.79. The van der Waals surface area contributed by atoms with Gasteiger partial charge in [0.25, 0.3) is 0 Å². The van der Waals surface area contributed by atoms with Crippen LogP contribution >= 0.6 is 0 Å². The first-order chi connectivity index (χ1) is 8.94. The highest BCUT2D eigenvalue weighted by atomic mass is 28.3. The van der Waals surface area contributed by atoms with Crippen LogP contribution in [-0.4, -0.2) is 12.5 Å². The van der Waals surface area contributed by atoms with Crippen molar-refractivity contribution in [2.75, 3.05) is 0 Å².